The lowest BCUT2D eigenvalue weighted by atomic mass is 9.82. The lowest BCUT2D eigenvalue weighted by molar-refractivity contribution is -0.148. The molecular weight excluding hydrogens is 274 g/mol. The minimum Gasteiger partial charge on any atom is -0.467 e. The maximum Gasteiger partial charge on any atom is 0.413 e. The number of aliphatic hydroxyl groups excluding tert-OH is 1. The van der Waals surface area contributed by atoms with Gasteiger partial charge in [-0.15, -0.1) is 0 Å². The summed E-state index contributed by atoms with van der Waals surface area (Å²) in [6.45, 7) is 5.27. The van der Waals surface area contributed by atoms with Gasteiger partial charge in [0, 0.05) is 5.41 Å². The van der Waals surface area contributed by atoms with Crippen molar-refractivity contribution < 1.29 is 24.2 Å². The van der Waals surface area contributed by atoms with Gasteiger partial charge in [0.25, 0.3) is 0 Å². The molecule has 6 heteroatoms. The Kier molecular flexibility index (Phi) is 4.19. The van der Waals surface area contributed by atoms with Gasteiger partial charge in [0.2, 0.25) is 0 Å². The Hall–Kier alpha value is -1.30. The number of ether oxygens (including phenoxy) is 2. The Morgan fingerprint density at radius 1 is 1.24 bits per heavy atom. The predicted octanol–water partition coefficient (Wildman–Crippen LogP) is 2.05. The van der Waals surface area contributed by atoms with E-state index in [0.29, 0.717) is 6.42 Å². The van der Waals surface area contributed by atoms with Crippen LogP contribution in [0.1, 0.15) is 52.9 Å². The van der Waals surface area contributed by atoms with Crippen LogP contribution in [-0.2, 0) is 14.3 Å². The minimum atomic E-state index is -0.987. The molecule has 1 heterocycles. The van der Waals surface area contributed by atoms with Crippen LogP contribution in [0.15, 0.2) is 0 Å². The van der Waals surface area contributed by atoms with Crippen LogP contribution in [-0.4, -0.2) is 47.0 Å². The Morgan fingerprint density at radius 2 is 1.81 bits per heavy atom. The first-order valence-electron chi connectivity index (χ1n) is 7.47. The summed E-state index contributed by atoms with van der Waals surface area (Å²) < 4.78 is 10.1. The van der Waals surface area contributed by atoms with Gasteiger partial charge in [0.1, 0.15) is 17.9 Å². The molecule has 2 fully saturated rings. The molecule has 0 radical (unpaired) electrons. The second-order valence-corrected chi connectivity index (χ2v) is 7.07. The lowest BCUT2D eigenvalue weighted by Gasteiger charge is -2.32. The van der Waals surface area contributed by atoms with Gasteiger partial charge in [-0.1, -0.05) is 12.8 Å². The molecule has 0 aromatic carbocycles. The monoisotopic (exact) mass is 299 g/mol. The van der Waals surface area contributed by atoms with Crippen LogP contribution in [0.25, 0.3) is 0 Å². The van der Waals surface area contributed by atoms with Gasteiger partial charge in [0.15, 0.2) is 0 Å². The smallest absolute Gasteiger partial charge is 0.413 e. The second kappa shape index (κ2) is 5.48. The highest BCUT2D eigenvalue weighted by atomic mass is 16.6. The maximum absolute atomic E-state index is 12.4. The highest BCUT2D eigenvalue weighted by Gasteiger charge is 2.57. The summed E-state index contributed by atoms with van der Waals surface area (Å²) in [5, 5.41) is 10.6. The Balaban J connectivity index is 2.26. The molecule has 1 aliphatic heterocycles. The van der Waals surface area contributed by atoms with Crippen molar-refractivity contribution in [1.82, 2.24) is 4.90 Å². The summed E-state index contributed by atoms with van der Waals surface area (Å²) in [6.07, 6.45) is 2.45. The van der Waals surface area contributed by atoms with Crippen molar-refractivity contribution >= 4 is 12.1 Å². The first-order valence-corrected chi connectivity index (χ1v) is 7.47. The zero-order valence-electron chi connectivity index (χ0n) is 13.2. The molecule has 0 aromatic rings. The summed E-state index contributed by atoms with van der Waals surface area (Å²) in [6, 6.07) is -0.766. The molecule has 2 atom stereocenters. The molecule has 1 saturated carbocycles. The number of hydrogen-bond donors (Lipinski definition) is 1. The largest absolute Gasteiger partial charge is 0.467 e. The van der Waals surface area contributed by atoms with Crippen molar-refractivity contribution in [3.05, 3.63) is 0 Å². The second-order valence-electron chi connectivity index (χ2n) is 7.07. The SMILES string of the molecule is COC(=O)[C@@H]1CC2(CCCC2)C(O)N1C(=O)OC(C)(C)C. The highest BCUT2D eigenvalue weighted by Crippen LogP contribution is 2.51. The van der Waals surface area contributed by atoms with E-state index in [-0.39, 0.29) is 0 Å². The van der Waals surface area contributed by atoms with Gasteiger partial charge < -0.3 is 14.6 Å². The number of nitrogens with zero attached hydrogens (tertiary/aromatic N) is 1. The molecule has 1 saturated heterocycles. The van der Waals surface area contributed by atoms with Gasteiger partial charge in [-0.2, -0.15) is 0 Å². The Labute approximate surface area is 125 Å². The fourth-order valence-electron chi connectivity index (χ4n) is 3.47. The lowest BCUT2D eigenvalue weighted by Crippen LogP contribution is -2.49. The number of rotatable bonds is 1. The number of hydrogen-bond acceptors (Lipinski definition) is 5. The standard InChI is InChI=1S/C15H25NO5/c1-14(2,3)21-13(19)16-10(11(17)20-4)9-15(12(16)18)7-5-6-8-15/h10,12,18H,5-9H2,1-4H3/t10-,12?/m0/s1. The van der Waals surface area contributed by atoms with Crippen LogP contribution >= 0.6 is 0 Å². The fourth-order valence-corrected chi connectivity index (χ4v) is 3.47. The summed E-state index contributed by atoms with van der Waals surface area (Å²) in [7, 11) is 1.29. The summed E-state index contributed by atoms with van der Waals surface area (Å²) in [4.78, 5) is 25.5. The molecule has 2 aliphatic rings. The van der Waals surface area contributed by atoms with Crippen molar-refractivity contribution in [2.45, 2.75) is 70.7 Å². The quantitative estimate of drug-likeness (QED) is 0.750. The zero-order chi connectivity index (χ0) is 15.8. The number of methoxy groups -OCH3 is 1. The van der Waals surface area contributed by atoms with Gasteiger partial charge in [-0.25, -0.2) is 9.59 Å². The normalized spacial score (nSPS) is 28.0. The molecule has 0 bridgehead atoms. The van der Waals surface area contributed by atoms with Crippen molar-refractivity contribution in [3.63, 3.8) is 0 Å². The van der Waals surface area contributed by atoms with E-state index in [4.69, 9.17) is 9.47 Å². The van der Waals surface area contributed by atoms with Gasteiger partial charge in [-0.3, -0.25) is 4.90 Å². The van der Waals surface area contributed by atoms with Crippen LogP contribution in [0, 0.1) is 5.41 Å². The van der Waals surface area contributed by atoms with Crippen LogP contribution in [0.5, 0.6) is 0 Å². The maximum atomic E-state index is 12.4. The van der Waals surface area contributed by atoms with Crippen molar-refractivity contribution in [3.8, 4) is 0 Å². The molecule has 120 valence electrons. The molecule has 2 rings (SSSR count). The van der Waals surface area contributed by atoms with E-state index < -0.39 is 35.3 Å². The van der Waals surface area contributed by atoms with Crippen LogP contribution in [0.3, 0.4) is 0 Å². The molecule has 1 unspecified atom stereocenters. The molecule has 1 spiro atoms. The van der Waals surface area contributed by atoms with E-state index >= 15 is 0 Å². The summed E-state index contributed by atoms with van der Waals surface area (Å²) in [5.74, 6) is -0.497. The third-order valence-electron chi connectivity index (χ3n) is 4.42. The molecule has 21 heavy (non-hydrogen) atoms. The predicted molar refractivity (Wildman–Crippen MR) is 75.4 cm³/mol. The average Bonchev–Trinajstić information content (AvgIpc) is 2.94. The summed E-state index contributed by atoms with van der Waals surface area (Å²) >= 11 is 0. The number of amides is 1. The summed E-state index contributed by atoms with van der Waals surface area (Å²) in [5.41, 5.74) is -1.07. The first-order chi connectivity index (χ1) is 9.70. The number of likely N-dealkylation sites (tertiary alicyclic amines) is 1. The van der Waals surface area contributed by atoms with E-state index in [1.165, 1.54) is 12.0 Å². The highest BCUT2D eigenvalue weighted by molar-refractivity contribution is 5.82. The Bertz CT molecular complexity index is 422. The van der Waals surface area contributed by atoms with Crippen molar-refractivity contribution in [1.29, 1.82) is 0 Å². The van der Waals surface area contributed by atoms with Crippen LogP contribution in [0.2, 0.25) is 0 Å². The molecule has 1 N–H and O–H groups in total. The molecule has 0 aromatic heterocycles. The van der Waals surface area contributed by atoms with Gasteiger partial charge in [-0.05, 0) is 40.0 Å². The van der Waals surface area contributed by atoms with Crippen LogP contribution < -0.4 is 0 Å². The molecule has 6 nitrogen and oxygen atoms in total. The number of aliphatic hydroxyl groups is 1. The first kappa shape index (κ1) is 16.1. The average molecular weight is 299 g/mol. The van der Waals surface area contributed by atoms with Crippen molar-refractivity contribution in [2.24, 2.45) is 5.41 Å². The van der Waals surface area contributed by atoms with E-state index in [1.54, 1.807) is 20.8 Å². The van der Waals surface area contributed by atoms with Crippen LogP contribution in [0.4, 0.5) is 4.79 Å². The number of carbonyl (C=O) groups excluding carboxylic acids is 2. The Morgan fingerprint density at radius 3 is 2.29 bits per heavy atom. The third kappa shape index (κ3) is 3.00. The van der Waals surface area contributed by atoms with E-state index in [9.17, 15) is 14.7 Å². The number of carbonyl (C=O) groups is 2. The fraction of sp³-hybridized carbons (Fsp3) is 0.867. The molecule has 1 amide bonds. The van der Waals surface area contributed by atoms with Gasteiger partial charge >= 0.3 is 12.1 Å². The van der Waals surface area contributed by atoms with E-state index in [2.05, 4.69) is 0 Å². The zero-order valence-corrected chi connectivity index (χ0v) is 13.2. The third-order valence-corrected chi connectivity index (χ3v) is 4.42. The van der Waals surface area contributed by atoms with E-state index in [0.717, 1.165) is 25.7 Å². The molecule has 1 aliphatic carbocycles. The topological polar surface area (TPSA) is 76.1 Å². The van der Waals surface area contributed by atoms with E-state index in [1.807, 2.05) is 0 Å². The van der Waals surface area contributed by atoms with Gasteiger partial charge in [0.05, 0.1) is 7.11 Å². The van der Waals surface area contributed by atoms with Crippen molar-refractivity contribution in [2.75, 3.05) is 7.11 Å². The number of esters is 1. The molecular formula is C15H25NO5. The minimum absolute atomic E-state index is 0.393.